The fourth-order valence-corrected chi connectivity index (χ4v) is 1.86. The van der Waals surface area contributed by atoms with Gasteiger partial charge in [-0.05, 0) is 52.9 Å². The molecule has 5 nitrogen and oxygen atoms in total. The molecule has 1 heterocycles. The van der Waals surface area contributed by atoms with E-state index >= 15 is 0 Å². The molecule has 1 aromatic carbocycles. The molecule has 0 aliphatic heterocycles. The number of hydrazone groups is 1. The normalized spacial score (nSPS) is 10.6. The smallest absolute Gasteiger partial charge is 0.289 e. The molecule has 2 aromatic rings. The van der Waals surface area contributed by atoms with Gasteiger partial charge in [0.25, 0.3) is 5.91 Å². The maximum absolute atomic E-state index is 11.6. The molecular weight excluding hydrogens is 357 g/mol. The maximum atomic E-state index is 11.6. The summed E-state index contributed by atoms with van der Waals surface area (Å²) in [6, 6.07) is 10.1. The Morgan fingerprint density at radius 2 is 2.21 bits per heavy atom. The van der Waals surface area contributed by atoms with Gasteiger partial charge in [0.1, 0.15) is 11.4 Å². The number of phenols is 1. The second-order valence-corrected chi connectivity index (χ2v) is 4.86. The van der Waals surface area contributed by atoms with Gasteiger partial charge in [-0.1, -0.05) is 6.07 Å². The highest BCUT2D eigenvalue weighted by Gasteiger charge is 2.04. The number of carbonyl (C=O) groups is 1. The predicted octanol–water partition coefficient (Wildman–Crippen LogP) is 2.16. The van der Waals surface area contributed by atoms with E-state index < -0.39 is 5.91 Å². The Morgan fingerprint density at radius 3 is 2.95 bits per heavy atom. The molecule has 0 saturated heterocycles. The number of benzene rings is 1. The van der Waals surface area contributed by atoms with Crippen molar-refractivity contribution in [1.29, 1.82) is 0 Å². The van der Waals surface area contributed by atoms with Gasteiger partial charge in [-0.25, -0.2) is 5.43 Å². The van der Waals surface area contributed by atoms with E-state index in [9.17, 15) is 9.90 Å². The molecule has 1 aromatic heterocycles. The second kappa shape index (κ2) is 6.28. The molecule has 0 aliphatic carbocycles. The molecule has 96 valence electrons. The fourth-order valence-electron chi connectivity index (χ4n) is 1.34. The molecule has 1 amide bonds. The Morgan fingerprint density at radius 1 is 1.37 bits per heavy atom. The van der Waals surface area contributed by atoms with E-state index in [1.165, 1.54) is 12.4 Å². The summed E-state index contributed by atoms with van der Waals surface area (Å²) in [5.41, 5.74) is 3.17. The highest BCUT2D eigenvalue weighted by Crippen LogP contribution is 2.17. The van der Waals surface area contributed by atoms with Crippen LogP contribution < -0.4 is 5.43 Å². The number of halogens is 1. The first kappa shape index (κ1) is 13.5. The van der Waals surface area contributed by atoms with Crippen molar-refractivity contribution < 1.29 is 9.90 Å². The zero-order chi connectivity index (χ0) is 13.7. The van der Waals surface area contributed by atoms with Crippen LogP contribution >= 0.6 is 22.6 Å². The van der Waals surface area contributed by atoms with Crippen molar-refractivity contribution in [2.75, 3.05) is 0 Å². The van der Waals surface area contributed by atoms with E-state index in [0.717, 1.165) is 3.57 Å². The number of carbonyl (C=O) groups excluding carboxylic acids is 1. The minimum absolute atomic E-state index is 0.108. The SMILES string of the molecule is O=C(N/N=C/c1cc(I)ccc1O)c1ccccn1. The quantitative estimate of drug-likeness (QED) is 0.496. The topological polar surface area (TPSA) is 74.6 Å². The van der Waals surface area contributed by atoms with Crippen LogP contribution in [0.15, 0.2) is 47.7 Å². The van der Waals surface area contributed by atoms with Crippen molar-refractivity contribution in [3.8, 4) is 5.75 Å². The Kier molecular flexibility index (Phi) is 4.45. The minimum atomic E-state index is -0.401. The summed E-state index contributed by atoms with van der Waals surface area (Å²) >= 11 is 2.13. The summed E-state index contributed by atoms with van der Waals surface area (Å²) in [5.74, 6) is -0.293. The van der Waals surface area contributed by atoms with Crippen LogP contribution in [0.4, 0.5) is 0 Å². The van der Waals surface area contributed by atoms with Crippen LogP contribution in [0, 0.1) is 3.57 Å². The van der Waals surface area contributed by atoms with Crippen molar-refractivity contribution in [1.82, 2.24) is 10.4 Å². The van der Waals surface area contributed by atoms with Crippen LogP contribution in [-0.4, -0.2) is 22.2 Å². The molecule has 0 bridgehead atoms. The minimum Gasteiger partial charge on any atom is -0.507 e. The van der Waals surface area contributed by atoms with E-state index in [1.54, 1.807) is 36.4 Å². The molecule has 0 atom stereocenters. The summed E-state index contributed by atoms with van der Waals surface area (Å²) in [6.07, 6.45) is 2.92. The van der Waals surface area contributed by atoms with Gasteiger partial charge in [-0.2, -0.15) is 5.10 Å². The van der Waals surface area contributed by atoms with Crippen LogP contribution in [0.1, 0.15) is 16.1 Å². The molecule has 2 rings (SSSR count). The van der Waals surface area contributed by atoms with E-state index in [2.05, 4.69) is 38.1 Å². The lowest BCUT2D eigenvalue weighted by Crippen LogP contribution is -2.18. The van der Waals surface area contributed by atoms with Crippen LogP contribution in [-0.2, 0) is 0 Å². The standard InChI is InChI=1S/C13H10IN3O2/c14-10-4-5-12(18)9(7-10)8-16-17-13(19)11-3-1-2-6-15-11/h1-8,18H,(H,17,19)/b16-8+. The number of aromatic nitrogens is 1. The predicted molar refractivity (Wildman–Crippen MR) is 80.1 cm³/mol. The molecule has 6 heteroatoms. The Bertz CT molecular complexity index is 615. The average Bonchev–Trinajstić information content (AvgIpc) is 2.43. The number of phenolic OH excluding ortho intramolecular Hbond substituents is 1. The van der Waals surface area contributed by atoms with Gasteiger partial charge in [0.05, 0.1) is 6.21 Å². The molecule has 0 unspecified atom stereocenters. The Labute approximate surface area is 123 Å². The third kappa shape index (κ3) is 3.75. The monoisotopic (exact) mass is 367 g/mol. The van der Waals surface area contributed by atoms with Gasteiger partial charge in [0.15, 0.2) is 0 Å². The van der Waals surface area contributed by atoms with Gasteiger partial charge in [-0.15, -0.1) is 0 Å². The number of amides is 1. The van der Waals surface area contributed by atoms with Crippen molar-refractivity contribution in [2.45, 2.75) is 0 Å². The number of hydrogen-bond acceptors (Lipinski definition) is 4. The number of nitrogens with one attached hydrogen (secondary N) is 1. The molecule has 0 fully saturated rings. The lowest BCUT2D eigenvalue weighted by atomic mass is 10.2. The molecule has 0 aliphatic rings. The third-order valence-electron chi connectivity index (χ3n) is 2.26. The summed E-state index contributed by atoms with van der Waals surface area (Å²) in [4.78, 5) is 15.5. The molecule has 19 heavy (non-hydrogen) atoms. The van der Waals surface area contributed by atoms with Gasteiger partial charge >= 0.3 is 0 Å². The average molecular weight is 367 g/mol. The van der Waals surface area contributed by atoms with E-state index in [-0.39, 0.29) is 11.4 Å². The third-order valence-corrected chi connectivity index (χ3v) is 2.93. The van der Waals surface area contributed by atoms with E-state index in [4.69, 9.17) is 0 Å². The maximum Gasteiger partial charge on any atom is 0.289 e. The number of aromatic hydroxyl groups is 1. The second-order valence-electron chi connectivity index (χ2n) is 3.62. The largest absolute Gasteiger partial charge is 0.507 e. The fraction of sp³-hybridized carbons (Fsp3) is 0. The molecule has 0 radical (unpaired) electrons. The van der Waals surface area contributed by atoms with Gasteiger partial charge in [0.2, 0.25) is 0 Å². The van der Waals surface area contributed by atoms with Gasteiger partial charge in [0, 0.05) is 15.3 Å². The first-order chi connectivity index (χ1) is 9.16. The summed E-state index contributed by atoms with van der Waals surface area (Å²) < 4.78 is 0.966. The highest BCUT2D eigenvalue weighted by atomic mass is 127. The molecule has 0 saturated carbocycles. The van der Waals surface area contributed by atoms with Crippen molar-refractivity contribution in [3.63, 3.8) is 0 Å². The van der Waals surface area contributed by atoms with Gasteiger partial charge in [-0.3, -0.25) is 9.78 Å². The number of rotatable bonds is 3. The van der Waals surface area contributed by atoms with Crippen molar-refractivity contribution in [3.05, 3.63) is 57.4 Å². The Balaban J connectivity index is 2.04. The molecule has 2 N–H and O–H groups in total. The lowest BCUT2D eigenvalue weighted by Gasteiger charge is -2.00. The molecular formula is C13H10IN3O2. The summed E-state index contributed by atoms with van der Waals surface area (Å²) in [6.45, 7) is 0. The number of pyridine rings is 1. The van der Waals surface area contributed by atoms with Crippen LogP contribution in [0.3, 0.4) is 0 Å². The summed E-state index contributed by atoms with van der Waals surface area (Å²) in [5, 5.41) is 13.4. The number of nitrogens with zero attached hydrogens (tertiary/aromatic N) is 2. The number of hydrogen-bond donors (Lipinski definition) is 2. The van der Waals surface area contributed by atoms with Crippen LogP contribution in [0.2, 0.25) is 0 Å². The summed E-state index contributed by atoms with van der Waals surface area (Å²) in [7, 11) is 0. The zero-order valence-electron chi connectivity index (χ0n) is 9.75. The lowest BCUT2D eigenvalue weighted by molar-refractivity contribution is 0.0950. The zero-order valence-corrected chi connectivity index (χ0v) is 11.9. The van der Waals surface area contributed by atoms with Gasteiger partial charge < -0.3 is 5.11 Å². The Hall–Kier alpha value is -1.96. The van der Waals surface area contributed by atoms with E-state index in [1.807, 2.05) is 0 Å². The van der Waals surface area contributed by atoms with Crippen molar-refractivity contribution in [2.24, 2.45) is 5.10 Å². The first-order valence-corrected chi connectivity index (χ1v) is 6.47. The van der Waals surface area contributed by atoms with Crippen LogP contribution in [0.5, 0.6) is 5.75 Å². The molecule has 0 spiro atoms. The van der Waals surface area contributed by atoms with Crippen molar-refractivity contribution >= 4 is 34.7 Å². The first-order valence-electron chi connectivity index (χ1n) is 5.40. The van der Waals surface area contributed by atoms with E-state index in [0.29, 0.717) is 5.56 Å². The van der Waals surface area contributed by atoms with Crippen LogP contribution in [0.25, 0.3) is 0 Å². The highest BCUT2D eigenvalue weighted by molar-refractivity contribution is 14.1.